The highest BCUT2D eigenvalue weighted by Gasteiger charge is 2.35. The van der Waals surface area contributed by atoms with Crippen LogP contribution in [-0.4, -0.2) is 0 Å². The van der Waals surface area contributed by atoms with E-state index in [1.165, 1.54) is 93.3 Å². The summed E-state index contributed by atoms with van der Waals surface area (Å²) < 4.78 is 6.40. The number of anilines is 3. The van der Waals surface area contributed by atoms with Crippen LogP contribution in [0.25, 0.3) is 98.8 Å². The number of nitrogens with zero attached hydrogens (tertiary/aromatic N) is 1. The molecular weight excluding hydrogens is 787 g/mol. The first-order valence-corrected chi connectivity index (χ1v) is 22.6. The first-order valence-electron chi connectivity index (χ1n) is 22.6. The third-order valence-electron chi connectivity index (χ3n) is 14.1. The van der Waals surface area contributed by atoms with Crippen LogP contribution in [0.5, 0.6) is 0 Å². The Morgan fingerprint density at radius 1 is 0.308 bits per heavy atom. The Morgan fingerprint density at radius 3 is 1.51 bits per heavy atom. The molecule has 13 rings (SSSR count). The maximum atomic E-state index is 6.40. The minimum atomic E-state index is -0.120. The highest BCUT2D eigenvalue weighted by atomic mass is 16.3. The fraction of sp³-hybridized carbons (Fsp3) is 0.0476. The van der Waals surface area contributed by atoms with Crippen LogP contribution in [0.2, 0.25) is 0 Å². The molecule has 0 spiro atoms. The summed E-state index contributed by atoms with van der Waals surface area (Å²) in [5, 5.41) is 9.79. The van der Waals surface area contributed by atoms with Gasteiger partial charge in [0.15, 0.2) is 0 Å². The summed E-state index contributed by atoms with van der Waals surface area (Å²) in [4.78, 5) is 2.41. The van der Waals surface area contributed by atoms with Crippen molar-refractivity contribution < 1.29 is 4.42 Å². The van der Waals surface area contributed by atoms with Crippen molar-refractivity contribution in [3.8, 4) is 44.5 Å². The van der Waals surface area contributed by atoms with Gasteiger partial charge in [0.05, 0.1) is 0 Å². The van der Waals surface area contributed by atoms with Crippen LogP contribution in [0.1, 0.15) is 25.0 Å². The van der Waals surface area contributed by atoms with Crippen LogP contribution in [0.15, 0.2) is 229 Å². The molecule has 1 heterocycles. The molecule has 0 fully saturated rings. The van der Waals surface area contributed by atoms with Gasteiger partial charge >= 0.3 is 0 Å². The molecule has 1 aromatic heterocycles. The smallest absolute Gasteiger partial charge is 0.136 e. The Bertz CT molecular complexity index is 3790. The molecule has 0 amide bonds. The van der Waals surface area contributed by atoms with E-state index in [-0.39, 0.29) is 5.41 Å². The normalized spacial score (nSPS) is 12.9. The predicted octanol–water partition coefficient (Wildman–Crippen LogP) is 17.8. The highest BCUT2D eigenvalue weighted by Crippen LogP contribution is 2.51. The van der Waals surface area contributed by atoms with Gasteiger partial charge in [-0.2, -0.15) is 0 Å². The van der Waals surface area contributed by atoms with Crippen molar-refractivity contribution in [2.24, 2.45) is 0 Å². The zero-order valence-corrected chi connectivity index (χ0v) is 36.2. The molecular formula is C63H43NO. The van der Waals surface area contributed by atoms with E-state index < -0.39 is 0 Å². The van der Waals surface area contributed by atoms with Gasteiger partial charge in [0, 0.05) is 38.6 Å². The Labute approximate surface area is 378 Å². The summed E-state index contributed by atoms with van der Waals surface area (Å²) in [6.07, 6.45) is 0. The van der Waals surface area contributed by atoms with E-state index in [1.54, 1.807) is 0 Å². The molecule has 0 bridgehead atoms. The third kappa shape index (κ3) is 5.81. The van der Waals surface area contributed by atoms with E-state index in [0.29, 0.717) is 0 Å². The number of rotatable bonds is 6. The maximum absolute atomic E-state index is 6.40. The average molecular weight is 830 g/mol. The number of fused-ring (bicyclic) bond motifs is 13. The molecule has 0 unspecified atom stereocenters. The molecule has 306 valence electrons. The molecule has 2 nitrogen and oxygen atoms in total. The molecule has 0 radical (unpaired) electrons. The van der Waals surface area contributed by atoms with E-state index in [2.05, 4.69) is 237 Å². The second-order valence-corrected chi connectivity index (χ2v) is 18.0. The summed E-state index contributed by atoms with van der Waals surface area (Å²) in [6, 6.07) is 82.1. The van der Waals surface area contributed by atoms with Crippen molar-refractivity contribution in [1.82, 2.24) is 0 Å². The Morgan fingerprint density at radius 2 is 0.800 bits per heavy atom. The van der Waals surface area contributed by atoms with Gasteiger partial charge < -0.3 is 9.32 Å². The standard InChI is InChI=1S/C63H43NO/c1-63(2)56-21-10-8-15-49(56)50-36-35-47(39-57(50)63)64(45-31-27-43(28-32-45)42-25-23-41(24-26-42)40-13-4-3-5-14-40)46-33-29-44(30-34-46)48-19-12-20-52-54-37-38-59-62(55-18-9-11-22-58(55)65-59)61(54)53-17-7-6-16-51(53)60(48)52/h3-39H,1-2H3. The second kappa shape index (κ2) is 14.4. The van der Waals surface area contributed by atoms with Crippen molar-refractivity contribution in [3.63, 3.8) is 0 Å². The van der Waals surface area contributed by atoms with Crippen LogP contribution < -0.4 is 4.90 Å². The van der Waals surface area contributed by atoms with Crippen molar-refractivity contribution in [1.29, 1.82) is 0 Å². The zero-order valence-electron chi connectivity index (χ0n) is 36.2. The first-order chi connectivity index (χ1) is 32.0. The Kier molecular flexibility index (Phi) is 8.29. The number of benzene rings is 11. The molecule has 0 aliphatic heterocycles. The molecule has 0 saturated carbocycles. The second-order valence-electron chi connectivity index (χ2n) is 18.0. The van der Waals surface area contributed by atoms with Gasteiger partial charge in [0.2, 0.25) is 0 Å². The van der Waals surface area contributed by atoms with E-state index >= 15 is 0 Å². The largest absolute Gasteiger partial charge is 0.456 e. The van der Waals surface area contributed by atoms with Crippen molar-refractivity contribution in [2.75, 3.05) is 4.90 Å². The number of furan rings is 1. The van der Waals surface area contributed by atoms with Gasteiger partial charge in [0.25, 0.3) is 0 Å². The van der Waals surface area contributed by atoms with E-state index in [4.69, 9.17) is 4.42 Å². The molecule has 12 aromatic rings. The molecule has 0 atom stereocenters. The Balaban J connectivity index is 0.938. The minimum Gasteiger partial charge on any atom is -0.456 e. The number of hydrogen-bond donors (Lipinski definition) is 0. The lowest BCUT2D eigenvalue weighted by molar-refractivity contribution is 0.660. The SMILES string of the molecule is CC1(C)c2ccccc2-c2ccc(N(c3ccc(-c4ccc(-c5ccccc5)cc4)cc3)c3ccc(-c4cccc5c6ccc7oc8ccccc8c7c6c6ccccc6c45)cc3)cc21. The molecule has 0 N–H and O–H groups in total. The average Bonchev–Trinajstić information content (AvgIpc) is 3.86. The summed E-state index contributed by atoms with van der Waals surface area (Å²) in [6.45, 7) is 4.71. The van der Waals surface area contributed by atoms with Gasteiger partial charge in [-0.05, 0) is 137 Å². The van der Waals surface area contributed by atoms with Crippen LogP contribution >= 0.6 is 0 Å². The summed E-state index contributed by atoms with van der Waals surface area (Å²) in [5.41, 5.74) is 17.7. The summed E-state index contributed by atoms with van der Waals surface area (Å²) >= 11 is 0. The fourth-order valence-corrected chi connectivity index (χ4v) is 10.9. The van der Waals surface area contributed by atoms with Gasteiger partial charge in [-0.3, -0.25) is 0 Å². The quantitative estimate of drug-likeness (QED) is 0.155. The van der Waals surface area contributed by atoms with Gasteiger partial charge in [-0.25, -0.2) is 0 Å². The molecule has 0 saturated heterocycles. The van der Waals surface area contributed by atoms with Crippen molar-refractivity contribution in [2.45, 2.75) is 19.3 Å². The van der Waals surface area contributed by atoms with Crippen molar-refractivity contribution in [3.05, 3.63) is 236 Å². The van der Waals surface area contributed by atoms with E-state index in [1.807, 2.05) is 6.07 Å². The maximum Gasteiger partial charge on any atom is 0.136 e. The monoisotopic (exact) mass is 829 g/mol. The van der Waals surface area contributed by atoms with Gasteiger partial charge in [0.1, 0.15) is 11.2 Å². The van der Waals surface area contributed by atoms with Crippen LogP contribution in [-0.2, 0) is 5.41 Å². The molecule has 11 aromatic carbocycles. The number of para-hydroxylation sites is 1. The van der Waals surface area contributed by atoms with Crippen LogP contribution in [0.3, 0.4) is 0 Å². The summed E-state index contributed by atoms with van der Waals surface area (Å²) in [7, 11) is 0. The highest BCUT2D eigenvalue weighted by molar-refractivity contribution is 6.36. The number of hydrogen-bond acceptors (Lipinski definition) is 2. The first kappa shape index (κ1) is 37.4. The van der Waals surface area contributed by atoms with E-state index in [9.17, 15) is 0 Å². The lowest BCUT2D eigenvalue weighted by Gasteiger charge is -2.28. The summed E-state index contributed by atoms with van der Waals surface area (Å²) in [5.74, 6) is 0. The van der Waals surface area contributed by atoms with Gasteiger partial charge in [-0.1, -0.05) is 184 Å². The van der Waals surface area contributed by atoms with Crippen LogP contribution in [0.4, 0.5) is 17.1 Å². The van der Waals surface area contributed by atoms with E-state index in [0.717, 1.165) is 33.6 Å². The molecule has 1 aliphatic rings. The fourth-order valence-electron chi connectivity index (χ4n) is 10.9. The topological polar surface area (TPSA) is 16.4 Å². The Hall–Kier alpha value is -8.20. The molecule has 65 heavy (non-hydrogen) atoms. The zero-order chi connectivity index (χ0) is 43.2. The molecule has 1 aliphatic carbocycles. The third-order valence-corrected chi connectivity index (χ3v) is 14.1. The lowest BCUT2D eigenvalue weighted by atomic mass is 9.82. The van der Waals surface area contributed by atoms with Crippen molar-refractivity contribution >= 4 is 71.3 Å². The van der Waals surface area contributed by atoms with Gasteiger partial charge in [-0.15, -0.1) is 0 Å². The predicted molar refractivity (Wildman–Crippen MR) is 275 cm³/mol. The minimum absolute atomic E-state index is 0.120. The van der Waals surface area contributed by atoms with Crippen LogP contribution in [0, 0.1) is 0 Å². The molecule has 2 heteroatoms. The lowest BCUT2D eigenvalue weighted by Crippen LogP contribution is -2.16.